The van der Waals surface area contributed by atoms with Gasteiger partial charge in [-0.3, -0.25) is 0 Å². The quantitative estimate of drug-likeness (QED) is 0.545. The highest BCUT2D eigenvalue weighted by Crippen LogP contribution is 2.38. The van der Waals surface area contributed by atoms with E-state index in [0.29, 0.717) is 0 Å². The van der Waals surface area contributed by atoms with E-state index in [1.165, 1.54) is 40.3 Å². The Bertz CT molecular complexity index is 869. The first-order valence-electron chi connectivity index (χ1n) is 8.19. The molecule has 1 aliphatic rings. The minimum Gasteiger partial charge on any atom is -0.0656 e. The third-order valence-electron chi connectivity index (χ3n) is 4.90. The smallest absolute Gasteiger partial charge is 0.0656 e. The highest BCUT2D eigenvalue weighted by atomic mass is 28.3. The van der Waals surface area contributed by atoms with Crippen LogP contribution in [0.1, 0.15) is 11.1 Å². The van der Waals surface area contributed by atoms with Gasteiger partial charge >= 0.3 is 0 Å². The van der Waals surface area contributed by atoms with Gasteiger partial charge in [0.05, 0.1) is 8.07 Å². The number of rotatable bonds is 1. The van der Waals surface area contributed by atoms with Crippen LogP contribution in [0.25, 0.3) is 21.9 Å². The molecular weight excluding hydrogens is 280 g/mol. The van der Waals surface area contributed by atoms with Crippen molar-refractivity contribution in [1.82, 2.24) is 0 Å². The molecule has 4 rings (SSSR count). The molecule has 3 aromatic rings. The van der Waals surface area contributed by atoms with Gasteiger partial charge in [-0.25, -0.2) is 0 Å². The summed E-state index contributed by atoms with van der Waals surface area (Å²) < 4.78 is 0. The summed E-state index contributed by atoms with van der Waals surface area (Å²) in [6.45, 7) is 7.41. The van der Waals surface area contributed by atoms with Crippen molar-refractivity contribution in [2.24, 2.45) is 0 Å². The Morgan fingerprint density at radius 2 is 1.55 bits per heavy atom. The first-order valence-corrected chi connectivity index (χ1v) is 11.7. The van der Waals surface area contributed by atoms with Crippen LogP contribution in [0.2, 0.25) is 19.6 Å². The minimum atomic E-state index is -1.35. The van der Waals surface area contributed by atoms with Crippen LogP contribution >= 0.6 is 0 Å². The van der Waals surface area contributed by atoms with Crippen LogP contribution in [0, 0.1) is 0 Å². The van der Waals surface area contributed by atoms with Crippen LogP contribution in [0.4, 0.5) is 0 Å². The fourth-order valence-corrected chi connectivity index (χ4v) is 5.61. The van der Waals surface area contributed by atoms with Crippen LogP contribution in [0.5, 0.6) is 0 Å². The van der Waals surface area contributed by atoms with Gasteiger partial charge in [-0.15, -0.1) is 0 Å². The third kappa shape index (κ3) is 2.04. The monoisotopic (exact) mass is 302 g/mol. The van der Waals surface area contributed by atoms with Gasteiger partial charge in [-0.05, 0) is 45.9 Å². The number of aryl methyl sites for hydroxylation is 1. The molecule has 0 heterocycles. The summed E-state index contributed by atoms with van der Waals surface area (Å²) >= 11 is 0. The fraction of sp³-hybridized carbons (Fsp3) is 0.238. The first-order chi connectivity index (χ1) is 10.6. The van der Waals surface area contributed by atoms with E-state index in [1.54, 1.807) is 10.8 Å². The van der Waals surface area contributed by atoms with Crippen molar-refractivity contribution in [2.45, 2.75) is 32.5 Å². The molecule has 0 aromatic heterocycles. The molecule has 0 N–H and O–H groups in total. The standard InChI is InChI=1S/C21H22Si/c1-22(2,3)20-14-16-9-5-7-11-18(16)21-17-10-6-4-8-15(17)12-13-19(20)21/h4-11,14H,12-13H2,1-3H3. The van der Waals surface area contributed by atoms with Crippen molar-refractivity contribution in [3.63, 3.8) is 0 Å². The summed E-state index contributed by atoms with van der Waals surface area (Å²) in [4.78, 5) is 0. The van der Waals surface area contributed by atoms with Crippen LogP contribution in [-0.4, -0.2) is 8.07 Å². The van der Waals surface area contributed by atoms with E-state index in [-0.39, 0.29) is 0 Å². The predicted octanol–water partition coefficient (Wildman–Crippen LogP) is 5.15. The molecule has 0 spiro atoms. The summed E-state index contributed by atoms with van der Waals surface area (Å²) in [6.07, 6.45) is 2.37. The SMILES string of the molecule is C[Si](C)(C)c1cc2ccccc2c2c1CCc1ccccc1-2. The zero-order chi connectivity index (χ0) is 15.3. The number of benzene rings is 3. The van der Waals surface area contributed by atoms with E-state index >= 15 is 0 Å². The molecule has 0 nitrogen and oxygen atoms in total. The Hall–Kier alpha value is -1.86. The lowest BCUT2D eigenvalue weighted by Gasteiger charge is -2.29. The maximum absolute atomic E-state index is 2.48. The Labute approximate surface area is 133 Å². The maximum atomic E-state index is 2.48. The molecule has 0 unspecified atom stereocenters. The summed E-state index contributed by atoms with van der Waals surface area (Å²) in [5.74, 6) is 0. The van der Waals surface area contributed by atoms with Crippen molar-refractivity contribution in [2.75, 3.05) is 0 Å². The van der Waals surface area contributed by atoms with Gasteiger partial charge in [0.2, 0.25) is 0 Å². The third-order valence-corrected chi connectivity index (χ3v) is 6.96. The molecule has 0 saturated heterocycles. The molecular formula is C21H22Si. The highest BCUT2D eigenvalue weighted by Gasteiger charge is 2.27. The van der Waals surface area contributed by atoms with Crippen LogP contribution < -0.4 is 5.19 Å². The Kier molecular flexibility index (Phi) is 3.02. The average molecular weight is 302 g/mol. The van der Waals surface area contributed by atoms with E-state index in [2.05, 4.69) is 74.2 Å². The van der Waals surface area contributed by atoms with Gasteiger partial charge < -0.3 is 0 Å². The van der Waals surface area contributed by atoms with Gasteiger partial charge in [0.1, 0.15) is 0 Å². The van der Waals surface area contributed by atoms with E-state index in [1.807, 2.05) is 0 Å². The molecule has 1 aliphatic carbocycles. The van der Waals surface area contributed by atoms with Crippen molar-refractivity contribution >= 4 is 24.0 Å². The predicted molar refractivity (Wildman–Crippen MR) is 99.8 cm³/mol. The van der Waals surface area contributed by atoms with Crippen molar-refractivity contribution in [1.29, 1.82) is 0 Å². The second kappa shape index (κ2) is 4.82. The largest absolute Gasteiger partial charge is 0.0780 e. The number of hydrogen-bond donors (Lipinski definition) is 0. The highest BCUT2D eigenvalue weighted by molar-refractivity contribution is 6.89. The topological polar surface area (TPSA) is 0 Å². The summed E-state index contributed by atoms with van der Waals surface area (Å²) in [6, 6.07) is 20.4. The van der Waals surface area contributed by atoms with Crippen LogP contribution in [0.3, 0.4) is 0 Å². The van der Waals surface area contributed by atoms with Gasteiger partial charge in [0, 0.05) is 0 Å². The Balaban J connectivity index is 2.17. The molecule has 22 heavy (non-hydrogen) atoms. The van der Waals surface area contributed by atoms with Gasteiger partial charge in [0.15, 0.2) is 0 Å². The molecule has 1 heteroatoms. The minimum absolute atomic E-state index is 1.18. The van der Waals surface area contributed by atoms with Gasteiger partial charge in [-0.1, -0.05) is 79.4 Å². The van der Waals surface area contributed by atoms with Gasteiger partial charge in [0.25, 0.3) is 0 Å². The summed E-state index contributed by atoms with van der Waals surface area (Å²) in [7, 11) is -1.35. The summed E-state index contributed by atoms with van der Waals surface area (Å²) in [5, 5.41) is 4.47. The lowest BCUT2D eigenvalue weighted by atomic mass is 9.83. The number of hydrogen-bond acceptors (Lipinski definition) is 0. The maximum Gasteiger partial charge on any atom is 0.0780 e. The summed E-state index contributed by atoms with van der Waals surface area (Å²) in [5.41, 5.74) is 6.10. The Morgan fingerprint density at radius 3 is 2.36 bits per heavy atom. The lowest BCUT2D eigenvalue weighted by Crippen LogP contribution is -2.41. The van der Waals surface area contributed by atoms with E-state index in [0.717, 1.165) is 0 Å². The molecule has 0 fully saturated rings. The molecule has 0 atom stereocenters. The second-order valence-electron chi connectivity index (χ2n) is 7.41. The molecule has 110 valence electrons. The fourth-order valence-electron chi connectivity index (χ4n) is 3.87. The average Bonchev–Trinajstić information content (AvgIpc) is 2.52. The zero-order valence-electron chi connectivity index (χ0n) is 13.6. The normalized spacial score (nSPS) is 13.8. The molecule has 3 aromatic carbocycles. The van der Waals surface area contributed by atoms with Crippen molar-refractivity contribution in [3.8, 4) is 11.1 Å². The zero-order valence-corrected chi connectivity index (χ0v) is 14.6. The van der Waals surface area contributed by atoms with E-state index in [9.17, 15) is 0 Å². The van der Waals surface area contributed by atoms with E-state index < -0.39 is 8.07 Å². The molecule has 0 saturated carbocycles. The van der Waals surface area contributed by atoms with Crippen molar-refractivity contribution in [3.05, 3.63) is 65.7 Å². The van der Waals surface area contributed by atoms with Crippen LogP contribution in [-0.2, 0) is 12.8 Å². The lowest BCUT2D eigenvalue weighted by molar-refractivity contribution is 0.950. The van der Waals surface area contributed by atoms with Crippen LogP contribution in [0.15, 0.2) is 54.6 Å². The molecule has 0 radical (unpaired) electrons. The molecule has 0 amide bonds. The molecule has 0 aliphatic heterocycles. The second-order valence-corrected chi connectivity index (χ2v) is 12.4. The number of fused-ring (bicyclic) bond motifs is 5. The Morgan fingerprint density at radius 1 is 0.818 bits per heavy atom. The van der Waals surface area contributed by atoms with E-state index in [4.69, 9.17) is 0 Å². The van der Waals surface area contributed by atoms with Gasteiger partial charge in [-0.2, -0.15) is 0 Å². The molecule has 0 bridgehead atoms. The first kappa shape index (κ1) is 13.8. The van der Waals surface area contributed by atoms with Crippen molar-refractivity contribution < 1.29 is 0 Å².